The number of hydrogen-bond acceptors (Lipinski definition) is 7. The highest BCUT2D eigenvalue weighted by atomic mass is 16.5. The number of piperidine rings is 1. The summed E-state index contributed by atoms with van der Waals surface area (Å²) in [6.45, 7) is 11.5. The number of rotatable bonds is 4. The van der Waals surface area contributed by atoms with E-state index in [1.165, 1.54) is 51.6 Å². The fraction of sp³-hybridized carbons (Fsp3) is 0.773. The number of anilines is 1. The van der Waals surface area contributed by atoms with Gasteiger partial charge in [-0.15, -0.1) is 0 Å². The highest BCUT2D eigenvalue weighted by Crippen LogP contribution is 2.39. The maximum atomic E-state index is 7.00. The van der Waals surface area contributed by atoms with Gasteiger partial charge in [0.05, 0.1) is 11.9 Å². The third-order valence-electron chi connectivity index (χ3n) is 6.47. The van der Waals surface area contributed by atoms with Crippen LogP contribution in [0.4, 0.5) is 5.95 Å². The van der Waals surface area contributed by atoms with E-state index in [0.717, 1.165) is 31.7 Å². The predicted molar refractivity (Wildman–Crippen MR) is 120 cm³/mol. The lowest BCUT2D eigenvalue weighted by atomic mass is 9.95. The van der Waals surface area contributed by atoms with Gasteiger partial charge in [-0.25, -0.2) is 4.98 Å². The summed E-state index contributed by atoms with van der Waals surface area (Å²) in [4.78, 5) is 21.9. The van der Waals surface area contributed by atoms with Crippen molar-refractivity contribution in [2.45, 2.75) is 64.8 Å². The van der Waals surface area contributed by atoms with E-state index < -0.39 is 0 Å². The molecular formula is C22H38N6O2. The molecule has 0 aliphatic carbocycles. The van der Waals surface area contributed by atoms with E-state index in [9.17, 15) is 0 Å². The number of nitrogens with one attached hydrogen (secondary N) is 1. The predicted octanol–water partition coefficient (Wildman–Crippen LogP) is 3.23. The average Bonchev–Trinajstić information content (AvgIpc) is 3.50. The topological polar surface area (TPSA) is 90.4 Å². The first-order valence-electron chi connectivity index (χ1n) is 11.5. The molecule has 0 spiro atoms. The Morgan fingerprint density at radius 2 is 1.87 bits per heavy atom. The van der Waals surface area contributed by atoms with Gasteiger partial charge in [-0.3, -0.25) is 4.90 Å². The Bertz CT molecular complexity index is 785. The Kier molecular flexibility index (Phi) is 7.88. The molecule has 5 heterocycles. The lowest BCUT2D eigenvalue weighted by Gasteiger charge is -2.32. The number of imidazole rings is 1. The van der Waals surface area contributed by atoms with Crippen LogP contribution in [0.1, 0.15) is 59.3 Å². The summed E-state index contributed by atoms with van der Waals surface area (Å²) in [7, 11) is 1.00. The summed E-state index contributed by atoms with van der Waals surface area (Å²) in [5, 5.41) is 7.00. The number of nitrogens with zero attached hydrogens (tertiary/aromatic N) is 5. The molecule has 5 rings (SSSR count). The number of ether oxygens (including phenoxy) is 1. The van der Waals surface area contributed by atoms with E-state index in [1.54, 1.807) is 6.33 Å². The highest BCUT2D eigenvalue weighted by Gasteiger charge is 2.45. The molecule has 3 aliphatic heterocycles. The molecule has 2 N–H and O–H groups in total. The molecule has 3 fully saturated rings. The standard InChI is InChI=1S/C19H28N6O.C2H6.CH4O/c1-14-5-2-8-24(11-14)18-22-16-15(20-13-21-16)17(23-18)26-12-19-6-3-9-25(19)10-4-7-19;2*1-2/h13-14H,2-12H2,1H3,(H,20,21,22,23);1-2H3;2H,1H3. The highest BCUT2D eigenvalue weighted by molar-refractivity contribution is 5.77. The Labute approximate surface area is 180 Å². The van der Waals surface area contributed by atoms with Crippen molar-refractivity contribution in [3.8, 4) is 5.88 Å². The molecule has 8 heteroatoms. The fourth-order valence-electron chi connectivity index (χ4n) is 5.08. The second-order valence-electron chi connectivity index (χ2n) is 8.33. The summed E-state index contributed by atoms with van der Waals surface area (Å²) in [6, 6.07) is 0. The van der Waals surface area contributed by atoms with Crippen molar-refractivity contribution in [3.05, 3.63) is 6.33 Å². The van der Waals surface area contributed by atoms with Gasteiger partial charge in [-0.2, -0.15) is 9.97 Å². The van der Waals surface area contributed by atoms with Crippen LogP contribution in [0.25, 0.3) is 11.2 Å². The zero-order valence-corrected chi connectivity index (χ0v) is 19.0. The largest absolute Gasteiger partial charge is 0.474 e. The molecule has 168 valence electrons. The van der Waals surface area contributed by atoms with Crippen molar-refractivity contribution < 1.29 is 9.84 Å². The molecule has 8 nitrogen and oxygen atoms in total. The third kappa shape index (κ3) is 4.54. The summed E-state index contributed by atoms with van der Waals surface area (Å²) < 4.78 is 6.33. The molecule has 2 aromatic rings. The van der Waals surface area contributed by atoms with Crippen molar-refractivity contribution >= 4 is 17.1 Å². The zero-order valence-electron chi connectivity index (χ0n) is 19.0. The molecule has 2 aromatic heterocycles. The average molecular weight is 419 g/mol. The number of aliphatic hydroxyl groups excluding tert-OH is 1. The summed E-state index contributed by atoms with van der Waals surface area (Å²) in [6.07, 6.45) is 9.19. The number of H-pyrrole nitrogens is 1. The molecule has 1 unspecified atom stereocenters. The summed E-state index contributed by atoms with van der Waals surface area (Å²) in [5.74, 6) is 2.10. The van der Waals surface area contributed by atoms with Gasteiger partial charge in [0.2, 0.25) is 11.8 Å². The van der Waals surface area contributed by atoms with Crippen molar-refractivity contribution in [2.24, 2.45) is 5.92 Å². The Morgan fingerprint density at radius 1 is 1.13 bits per heavy atom. The van der Waals surface area contributed by atoms with Crippen molar-refractivity contribution in [3.63, 3.8) is 0 Å². The van der Waals surface area contributed by atoms with Crippen molar-refractivity contribution in [1.29, 1.82) is 0 Å². The van der Waals surface area contributed by atoms with E-state index in [1.807, 2.05) is 13.8 Å². The van der Waals surface area contributed by atoms with Gasteiger partial charge < -0.3 is 19.7 Å². The second kappa shape index (κ2) is 10.4. The van der Waals surface area contributed by atoms with Crippen LogP contribution in [0, 0.1) is 5.92 Å². The van der Waals surface area contributed by atoms with Crippen LogP contribution < -0.4 is 9.64 Å². The fourth-order valence-corrected chi connectivity index (χ4v) is 5.08. The van der Waals surface area contributed by atoms with Crippen LogP contribution in [0.2, 0.25) is 0 Å². The number of hydrogen-bond donors (Lipinski definition) is 2. The molecule has 0 bridgehead atoms. The van der Waals surface area contributed by atoms with Gasteiger partial charge in [0, 0.05) is 20.2 Å². The molecule has 30 heavy (non-hydrogen) atoms. The minimum Gasteiger partial charge on any atom is -0.474 e. The molecular weight excluding hydrogens is 380 g/mol. The van der Waals surface area contributed by atoms with E-state index in [2.05, 4.69) is 31.7 Å². The van der Waals surface area contributed by atoms with Crippen molar-refractivity contribution in [2.75, 3.05) is 44.8 Å². The first-order chi connectivity index (χ1) is 14.7. The van der Waals surface area contributed by atoms with Crippen LogP contribution in [0.3, 0.4) is 0 Å². The van der Waals surface area contributed by atoms with Crippen LogP contribution in [-0.2, 0) is 0 Å². The van der Waals surface area contributed by atoms with Gasteiger partial charge in [-0.05, 0) is 57.5 Å². The number of aromatic nitrogens is 4. The first kappa shape index (κ1) is 22.7. The first-order valence-corrected chi connectivity index (χ1v) is 11.5. The van der Waals surface area contributed by atoms with Crippen LogP contribution >= 0.6 is 0 Å². The lowest BCUT2D eigenvalue weighted by Crippen LogP contribution is -2.43. The van der Waals surface area contributed by atoms with Gasteiger partial charge in [0.25, 0.3) is 0 Å². The summed E-state index contributed by atoms with van der Waals surface area (Å²) in [5.41, 5.74) is 1.74. The molecule has 0 aromatic carbocycles. The molecule has 0 amide bonds. The van der Waals surface area contributed by atoms with E-state index in [0.29, 0.717) is 24.1 Å². The number of aliphatic hydroxyl groups is 1. The van der Waals surface area contributed by atoms with Crippen LogP contribution in [0.5, 0.6) is 5.88 Å². The molecule has 3 aliphatic rings. The quantitative estimate of drug-likeness (QED) is 0.788. The third-order valence-corrected chi connectivity index (χ3v) is 6.47. The normalized spacial score (nSPS) is 22.7. The zero-order chi connectivity index (χ0) is 21.6. The minimum atomic E-state index is 0.219. The van der Waals surface area contributed by atoms with Gasteiger partial charge in [0.1, 0.15) is 12.1 Å². The van der Waals surface area contributed by atoms with E-state index in [4.69, 9.17) is 14.8 Å². The van der Waals surface area contributed by atoms with Gasteiger partial charge >= 0.3 is 0 Å². The monoisotopic (exact) mass is 418 g/mol. The minimum absolute atomic E-state index is 0.219. The molecule has 1 atom stereocenters. The van der Waals surface area contributed by atoms with Crippen LogP contribution in [0.15, 0.2) is 6.33 Å². The second-order valence-corrected chi connectivity index (χ2v) is 8.33. The molecule has 3 saturated heterocycles. The SMILES string of the molecule is CC.CC1CCCN(c2nc(OCC34CCCN3CCC4)c3[nH]cnc3n2)C1.CO. The maximum Gasteiger partial charge on any atom is 0.245 e. The number of aromatic amines is 1. The smallest absolute Gasteiger partial charge is 0.245 e. The lowest BCUT2D eigenvalue weighted by molar-refractivity contribution is 0.111. The maximum absolute atomic E-state index is 7.00. The molecule has 0 saturated carbocycles. The van der Waals surface area contributed by atoms with Crippen LogP contribution in [-0.4, -0.2) is 75.4 Å². The van der Waals surface area contributed by atoms with E-state index >= 15 is 0 Å². The van der Waals surface area contributed by atoms with Crippen molar-refractivity contribution in [1.82, 2.24) is 24.8 Å². The summed E-state index contributed by atoms with van der Waals surface area (Å²) >= 11 is 0. The van der Waals surface area contributed by atoms with E-state index in [-0.39, 0.29) is 5.54 Å². The molecule has 0 radical (unpaired) electrons. The van der Waals surface area contributed by atoms with Gasteiger partial charge in [0.15, 0.2) is 5.65 Å². The Morgan fingerprint density at radius 3 is 2.57 bits per heavy atom. The Balaban J connectivity index is 0.000000606. The Hall–Kier alpha value is -1.93. The number of fused-ring (bicyclic) bond motifs is 2. The van der Waals surface area contributed by atoms with Gasteiger partial charge in [-0.1, -0.05) is 20.8 Å².